The number of hydrogen-bond donors (Lipinski definition) is 1. The molecule has 0 amide bonds. The second-order valence-corrected chi connectivity index (χ2v) is 6.15. The van der Waals surface area contributed by atoms with Crippen molar-refractivity contribution in [1.29, 1.82) is 0 Å². The van der Waals surface area contributed by atoms with Gasteiger partial charge in [-0.3, -0.25) is 0 Å². The monoisotopic (exact) mass is 212 g/mol. The Labute approximate surface area is 95.3 Å². The Morgan fingerprint density at radius 1 is 0.933 bits per heavy atom. The molecule has 2 fully saturated rings. The Kier molecular flexibility index (Phi) is 5.11. The maximum Gasteiger partial charge on any atom is 0.0543 e. The Morgan fingerprint density at radius 3 is 1.60 bits per heavy atom. The fourth-order valence-corrected chi connectivity index (χ4v) is 2.90. The highest BCUT2D eigenvalue weighted by Gasteiger charge is 2.24. The first-order valence-corrected chi connectivity index (χ1v) is 6.67. The van der Waals surface area contributed by atoms with Crippen LogP contribution in [0.1, 0.15) is 59.8 Å². The first-order chi connectivity index (χ1) is 6.99. The number of rotatable bonds is 1. The van der Waals surface area contributed by atoms with Gasteiger partial charge in [0.2, 0.25) is 0 Å². The smallest absolute Gasteiger partial charge is 0.0543 e. The molecular weight excluding hydrogens is 184 g/mol. The quantitative estimate of drug-likeness (QED) is 0.700. The summed E-state index contributed by atoms with van der Waals surface area (Å²) in [5.41, 5.74) is 0. The second kappa shape index (κ2) is 5.89. The highest BCUT2D eigenvalue weighted by Crippen LogP contribution is 2.32. The molecule has 0 bridgehead atoms. The lowest BCUT2D eigenvalue weighted by Crippen LogP contribution is -2.16. The molecule has 2 aliphatic rings. The van der Waals surface area contributed by atoms with Gasteiger partial charge in [-0.1, -0.05) is 27.7 Å². The van der Waals surface area contributed by atoms with Gasteiger partial charge < -0.3 is 5.11 Å². The molecule has 0 saturated heterocycles. The molecule has 2 atom stereocenters. The number of aliphatic hydroxyl groups is 1. The topological polar surface area (TPSA) is 20.2 Å². The molecule has 1 heteroatoms. The maximum absolute atomic E-state index is 9.15. The third kappa shape index (κ3) is 4.55. The molecule has 15 heavy (non-hydrogen) atoms. The minimum Gasteiger partial charge on any atom is -0.393 e. The molecule has 1 nitrogen and oxygen atoms in total. The Balaban J connectivity index is 0.000000162. The van der Waals surface area contributed by atoms with Crippen molar-refractivity contribution in [3.63, 3.8) is 0 Å². The molecule has 90 valence electrons. The highest BCUT2D eigenvalue weighted by atomic mass is 16.3. The fourth-order valence-electron chi connectivity index (χ4n) is 2.90. The summed E-state index contributed by atoms with van der Waals surface area (Å²) in [6.45, 7) is 9.12. The van der Waals surface area contributed by atoms with Crippen LogP contribution in [-0.2, 0) is 0 Å². The van der Waals surface area contributed by atoms with Crippen LogP contribution in [0.4, 0.5) is 0 Å². The van der Waals surface area contributed by atoms with E-state index in [0.717, 1.165) is 36.5 Å². The lowest BCUT2D eigenvalue weighted by Gasteiger charge is -2.28. The standard InChI is InChI=1S/C8H16O.C6H12/c1-6(2)7-3-4-8(9)5-7;1-5-3-6(2)4-5/h6-9H,3-5H2,1-2H3;5-6H,3-4H2,1-2H3. The predicted molar refractivity (Wildman–Crippen MR) is 65.7 cm³/mol. The molecule has 2 unspecified atom stereocenters. The average molecular weight is 212 g/mol. The Hall–Kier alpha value is -0.0400. The van der Waals surface area contributed by atoms with Gasteiger partial charge >= 0.3 is 0 Å². The van der Waals surface area contributed by atoms with Gasteiger partial charge in [0.05, 0.1) is 6.10 Å². The average Bonchev–Trinajstić information content (AvgIpc) is 2.51. The van der Waals surface area contributed by atoms with Crippen molar-refractivity contribution in [2.45, 2.75) is 65.9 Å². The fraction of sp³-hybridized carbons (Fsp3) is 1.00. The Bertz CT molecular complexity index is 164. The first-order valence-electron chi connectivity index (χ1n) is 6.67. The number of hydrogen-bond acceptors (Lipinski definition) is 1. The summed E-state index contributed by atoms with van der Waals surface area (Å²) < 4.78 is 0. The SMILES string of the molecule is CC(C)C1CCC(O)C1.CC1CC(C)C1. The van der Waals surface area contributed by atoms with Gasteiger partial charge in [0.15, 0.2) is 0 Å². The lowest BCUT2D eigenvalue weighted by atomic mass is 9.78. The van der Waals surface area contributed by atoms with E-state index in [1.165, 1.54) is 19.3 Å². The third-order valence-corrected chi connectivity index (χ3v) is 4.00. The first kappa shape index (κ1) is 13.0. The van der Waals surface area contributed by atoms with E-state index in [-0.39, 0.29) is 6.10 Å². The van der Waals surface area contributed by atoms with E-state index in [0.29, 0.717) is 0 Å². The number of aliphatic hydroxyl groups excluding tert-OH is 1. The van der Waals surface area contributed by atoms with Crippen LogP contribution < -0.4 is 0 Å². The van der Waals surface area contributed by atoms with Crippen molar-refractivity contribution >= 4 is 0 Å². The molecule has 0 aliphatic heterocycles. The van der Waals surface area contributed by atoms with Crippen LogP contribution in [0.2, 0.25) is 0 Å². The van der Waals surface area contributed by atoms with Crippen molar-refractivity contribution in [3.05, 3.63) is 0 Å². The summed E-state index contributed by atoms with van der Waals surface area (Å²) in [5.74, 6) is 3.64. The molecule has 1 N–H and O–H groups in total. The van der Waals surface area contributed by atoms with Crippen LogP contribution >= 0.6 is 0 Å². The van der Waals surface area contributed by atoms with Crippen LogP contribution in [0, 0.1) is 23.7 Å². The van der Waals surface area contributed by atoms with Crippen molar-refractivity contribution in [3.8, 4) is 0 Å². The molecule has 0 aromatic heterocycles. The minimum absolute atomic E-state index is 0.0115. The summed E-state index contributed by atoms with van der Waals surface area (Å²) in [6.07, 6.45) is 6.26. The second-order valence-electron chi connectivity index (χ2n) is 6.15. The van der Waals surface area contributed by atoms with Crippen molar-refractivity contribution in [2.24, 2.45) is 23.7 Å². The summed E-state index contributed by atoms with van der Waals surface area (Å²) >= 11 is 0. The zero-order valence-corrected chi connectivity index (χ0v) is 10.9. The van der Waals surface area contributed by atoms with E-state index in [1.807, 2.05) is 0 Å². The molecule has 0 heterocycles. The molecule has 0 aromatic carbocycles. The lowest BCUT2D eigenvalue weighted by molar-refractivity contribution is 0.173. The van der Waals surface area contributed by atoms with Crippen LogP contribution in [-0.4, -0.2) is 11.2 Å². The van der Waals surface area contributed by atoms with Crippen LogP contribution in [0.25, 0.3) is 0 Å². The van der Waals surface area contributed by atoms with Crippen molar-refractivity contribution < 1.29 is 5.11 Å². The molecule has 0 aromatic rings. The molecule has 2 rings (SSSR count). The van der Waals surface area contributed by atoms with Gasteiger partial charge in [-0.2, -0.15) is 0 Å². The normalized spacial score (nSPS) is 39.6. The summed E-state index contributed by atoms with van der Waals surface area (Å²) in [7, 11) is 0. The largest absolute Gasteiger partial charge is 0.393 e. The predicted octanol–water partition coefficient (Wildman–Crippen LogP) is 3.86. The van der Waals surface area contributed by atoms with E-state index in [4.69, 9.17) is 5.11 Å². The van der Waals surface area contributed by atoms with Crippen molar-refractivity contribution in [2.75, 3.05) is 0 Å². The van der Waals surface area contributed by atoms with E-state index >= 15 is 0 Å². The van der Waals surface area contributed by atoms with Crippen LogP contribution in [0.5, 0.6) is 0 Å². The van der Waals surface area contributed by atoms with Gasteiger partial charge in [0, 0.05) is 0 Å². The van der Waals surface area contributed by atoms with Gasteiger partial charge in [0.1, 0.15) is 0 Å². The molecule has 0 radical (unpaired) electrons. The van der Waals surface area contributed by atoms with Gasteiger partial charge in [-0.25, -0.2) is 0 Å². The molecular formula is C14H28O. The van der Waals surface area contributed by atoms with E-state index < -0.39 is 0 Å². The minimum atomic E-state index is 0.0115. The third-order valence-electron chi connectivity index (χ3n) is 4.00. The molecule has 0 spiro atoms. The Morgan fingerprint density at radius 2 is 1.47 bits per heavy atom. The zero-order valence-electron chi connectivity index (χ0n) is 10.9. The van der Waals surface area contributed by atoms with Crippen LogP contribution in [0.3, 0.4) is 0 Å². The van der Waals surface area contributed by atoms with Crippen molar-refractivity contribution in [1.82, 2.24) is 0 Å². The summed E-state index contributed by atoms with van der Waals surface area (Å²) in [5, 5.41) is 9.15. The van der Waals surface area contributed by atoms with E-state index in [9.17, 15) is 0 Å². The summed E-state index contributed by atoms with van der Waals surface area (Å²) in [6, 6.07) is 0. The van der Waals surface area contributed by atoms with E-state index in [1.54, 1.807) is 0 Å². The van der Waals surface area contributed by atoms with E-state index in [2.05, 4.69) is 27.7 Å². The molecule has 2 aliphatic carbocycles. The van der Waals surface area contributed by atoms with Crippen LogP contribution in [0.15, 0.2) is 0 Å². The maximum atomic E-state index is 9.15. The summed E-state index contributed by atoms with van der Waals surface area (Å²) in [4.78, 5) is 0. The zero-order chi connectivity index (χ0) is 11.4. The van der Waals surface area contributed by atoms with Gasteiger partial charge in [-0.05, 0) is 55.8 Å². The van der Waals surface area contributed by atoms with Gasteiger partial charge in [0.25, 0.3) is 0 Å². The molecule has 2 saturated carbocycles. The highest BCUT2D eigenvalue weighted by molar-refractivity contribution is 4.76. The van der Waals surface area contributed by atoms with Gasteiger partial charge in [-0.15, -0.1) is 0 Å².